The van der Waals surface area contributed by atoms with E-state index in [9.17, 15) is 0 Å². The lowest BCUT2D eigenvalue weighted by Gasteiger charge is -2.15. The van der Waals surface area contributed by atoms with Crippen LogP contribution in [0.15, 0.2) is 12.3 Å². The van der Waals surface area contributed by atoms with Gasteiger partial charge < -0.3 is 5.32 Å². The highest BCUT2D eigenvalue weighted by atomic mass is 35.5. The van der Waals surface area contributed by atoms with Crippen molar-refractivity contribution in [2.75, 3.05) is 13.1 Å². The Balaban J connectivity index is 2.32. The van der Waals surface area contributed by atoms with Crippen LogP contribution < -0.4 is 5.32 Å². The smallest absolute Gasteiger partial charge is 0.0862 e. The summed E-state index contributed by atoms with van der Waals surface area (Å²) in [5.74, 6) is 0. The molecular formula is C11H16ClN3. The monoisotopic (exact) mass is 225 g/mol. The van der Waals surface area contributed by atoms with Gasteiger partial charge in [0.1, 0.15) is 0 Å². The van der Waals surface area contributed by atoms with E-state index in [0.29, 0.717) is 0 Å². The van der Waals surface area contributed by atoms with Gasteiger partial charge in [-0.2, -0.15) is 5.10 Å². The Kier molecular flexibility index (Phi) is 3.44. The standard InChI is InChI=1S/C11H16ClN3/c1-2-7-15-11(10(12)8-14-15)9-3-5-13-6-4-9/h3,8,13H,2,4-7H2,1H3. The third-order valence-electron chi connectivity index (χ3n) is 2.60. The summed E-state index contributed by atoms with van der Waals surface area (Å²) in [6, 6.07) is 0. The quantitative estimate of drug-likeness (QED) is 0.856. The van der Waals surface area contributed by atoms with Gasteiger partial charge in [-0.15, -0.1) is 0 Å². The van der Waals surface area contributed by atoms with Crippen molar-refractivity contribution < 1.29 is 0 Å². The zero-order valence-electron chi connectivity index (χ0n) is 8.96. The Morgan fingerprint density at radius 1 is 1.60 bits per heavy atom. The third kappa shape index (κ3) is 2.24. The van der Waals surface area contributed by atoms with E-state index in [1.807, 2.05) is 4.68 Å². The van der Waals surface area contributed by atoms with Crippen molar-refractivity contribution in [1.29, 1.82) is 0 Å². The number of aryl methyl sites for hydroxylation is 1. The molecule has 0 aliphatic carbocycles. The first-order valence-corrected chi connectivity index (χ1v) is 5.82. The van der Waals surface area contributed by atoms with Crippen molar-refractivity contribution in [1.82, 2.24) is 15.1 Å². The predicted octanol–water partition coefficient (Wildman–Crippen LogP) is 2.32. The van der Waals surface area contributed by atoms with Gasteiger partial charge in [-0.1, -0.05) is 24.6 Å². The van der Waals surface area contributed by atoms with Gasteiger partial charge in [-0.25, -0.2) is 0 Å². The molecule has 0 atom stereocenters. The molecule has 0 saturated carbocycles. The summed E-state index contributed by atoms with van der Waals surface area (Å²) in [7, 11) is 0. The van der Waals surface area contributed by atoms with Crippen LogP contribution in [0.3, 0.4) is 0 Å². The molecule has 1 aromatic rings. The van der Waals surface area contributed by atoms with E-state index in [2.05, 4.69) is 23.4 Å². The van der Waals surface area contributed by atoms with Crippen LogP contribution in [0.4, 0.5) is 0 Å². The summed E-state index contributed by atoms with van der Waals surface area (Å²) in [6.07, 6.45) is 6.07. The van der Waals surface area contributed by atoms with Crippen LogP contribution in [0, 0.1) is 0 Å². The van der Waals surface area contributed by atoms with E-state index in [-0.39, 0.29) is 0 Å². The number of aromatic nitrogens is 2. The molecule has 0 bridgehead atoms. The van der Waals surface area contributed by atoms with Crippen LogP contribution in [0.1, 0.15) is 25.5 Å². The molecule has 0 unspecified atom stereocenters. The van der Waals surface area contributed by atoms with Crippen molar-refractivity contribution in [2.24, 2.45) is 0 Å². The van der Waals surface area contributed by atoms with Crippen molar-refractivity contribution in [3.63, 3.8) is 0 Å². The second-order valence-corrected chi connectivity index (χ2v) is 4.15. The van der Waals surface area contributed by atoms with Gasteiger partial charge in [-0.05, 0) is 25.0 Å². The molecule has 3 nitrogen and oxygen atoms in total. The molecule has 2 rings (SSSR count). The van der Waals surface area contributed by atoms with Crippen LogP contribution in [-0.4, -0.2) is 22.9 Å². The Labute approximate surface area is 95.1 Å². The van der Waals surface area contributed by atoms with Gasteiger partial charge in [-0.3, -0.25) is 4.68 Å². The fraction of sp³-hybridized carbons (Fsp3) is 0.545. The molecule has 82 valence electrons. The van der Waals surface area contributed by atoms with Crippen LogP contribution in [-0.2, 0) is 6.54 Å². The molecule has 15 heavy (non-hydrogen) atoms. The number of rotatable bonds is 3. The fourth-order valence-corrected chi connectivity index (χ4v) is 2.16. The van der Waals surface area contributed by atoms with Gasteiger partial charge in [0.15, 0.2) is 0 Å². The Bertz CT molecular complexity index is 368. The minimum absolute atomic E-state index is 0.775. The van der Waals surface area contributed by atoms with Crippen molar-refractivity contribution in [2.45, 2.75) is 26.3 Å². The molecule has 2 heterocycles. The van der Waals surface area contributed by atoms with Crippen LogP contribution >= 0.6 is 11.6 Å². The lowest BCUT2D eigenvalue weighted by molar-refractivity contribution is 0.592. The number of hydrogen-bond donors (Lipinski definition) is 1. The first-order chi connectivity index (χ1) is 7.33. The number of nitrogens with zero attached hydrogens (tertiary/aromatic N) is 2. The van der Waals surface area contributed by atoms with Gasteiger partial charge in [0.25, 0.3) is 0 Å². The summed E-state index contributed by atoms with van der Waals surface area (Å²) in [5.41, 5.74) is 2.43. The molecule has 1 aromatic heterocycles. The molecule has 1 aliphatic rings. The molecule has 1 aliphatic heterocycles. The second-order valence-electron chi connectivity index (χ2n) is 3.75. The Morgan fingerprint density at radius 2 is 2.47 bits per heavy atom. The Hall–Kier alpha value is -0.800. The topological polar surface area (TPSA) is 29.9 Å². The highest BCUT2D eigenvalue weighted by Gasteiger charge is 2.14. The second kappa shape index (κ2) is 4.81. The van der Waals surface area contributed by atoms with Crippen molar-refractivity contribution in [3.8, 4) is 0 Å². The first kappa shape index (κ1) is 10.7. The first-order valence-electron chi connectivity index (χ1n) is 5.44. The molecule has 0 saturated heterocycles. The van der Waals surface area contributed by atoms with E-state index in [1.165, 1.54) is 5.57 Å². The highest BCUT2D eigenvalue weighted by molar-refractivity contribution is 6.32. The van der Waals surface area contributed by atoms with Crippen LogP contribution in [0.25, 0.3) is 5.57 Å². The fourth-order valence-electron chi connectivity index (χ4n) is 1.90. The summed E-state index contributed by atoms with van der Waals surface area (Å²) >= 11 is 6.17. The maximum atomic E-state index is 6.17. The molecule has 1 N–H and O–H groups in total. The van der Waals surface area contributed by atoms with E-state index in [1.54, 1.807) is 6.20 Å². The van der Waals surface area contributed by atoms with Gasteiger partial charge in [0, 0.05) is 13.1 Å². The van der Waals surface area contributed by atoms with Gasteiger partial charge in [0.05, 0.1) is 16.9 Å². The molecule has 0 aromatic carbocycles. The summed E-state index contributed by atoms with van der Waals surface area (Å²) in [6.45, 7) is 5.05. The highest BCUT2D eigenvalue weighted by Crippen LogP contribution is 2.27. The van der Waals surface area contributed by atoms with Crippen molar-refractivity contribution in [3.05, 3.63) is 23.0 Å². The SMILES string of the molecule is CCCn1ncc(Cl)c1C1=CCNCC1. The average Bonchev–Trinajstić information content (AvgIpc) is 2.62. The minimum atomic E-state index is 0.775. The minimum Gasteiger partial charge on any atom is -0.313 e. The van der Waals surface area contributed by atoms with E-state index in [4.69, 9.17) is 11.6 Å². The molecule has 0 radical (unpaired) electrons. The molecule has 4 heteroatoms. The maximum absolute atomic E-state index is 6.17. The zero-order chi connectivity index (χ0) is 10.7. The summed E-state index contributed by atoms with van der Waals surface area (Å²) < 4.78 is 2.01. The third-order valence-corrected chi connectivity index (χ3v) is 2.87. The summed E-state index contributed by atoms with van der Waals surface area (Å²) in [5, 5.41) is 8.38. The summed E-state index contributed by atoms with van der Waals surface area (Å²) in [4.78, 5) is 0. The van der Waals surface area contributed by atoms with Gasteiger partial charge >= 0.3 is 0 Å². The number of nitrogens with one attached hydrogen (secondary N) is 1. The van der Waals surface area contributed by atoms with E-state index >= 15 is 0 Å². The maximum Gasteiger partial charge on any atom is 0.0862 e. The Morgan fingerprint density at radius 3 is 3.13 bits per heavy atom. The molecule has 0 spiro atoms. The normalized spacial score (nSPS) is 16.5. The van der Waals surface area contributed by atoms with E-state index < -0.39 is 0 Å². The molecular weight excluding hydrogens is 210 g/mol. The predicted molar refractivity (Wildman–Crippen MR) is 63.0 cm³/mol. The van der Waals surface area contributed by atoms with Crippen molar-refractivity contribution >= 4 is 17.2 Å². The van der Waals surface area contributed by atoms with Crippen LogP contribution in [0.5, 0.6) is 0 Å². The lowest BCUT2D eigenvalue weighted by Crippen LogP contribution is -2.21. The lowest BCUT2D eigenvalue weighted by atomic mass is 10.1. The van der Waals surface area contributed by atoms with E-state index in [0.717, 1.165) is 43.2 Å². The average molecular weight is 226 g/mol. The van der Waals surface area contributed by atoms with Crippen LogP contribution in [0.2, 0.25) is 5.02 Å². The largest absolute Gasteiger partial charge is 0.313 e. The zero-order valence-corrected chi connectivity index (χ0v) is 9.72. The number of hydrogen-bond acceptors (Lipinski definition) is 2. The molecule has 0 fully saturated rings. The molecule has 0 amide bonds. The van der Waals surface area contributed by atoms with Gasteiger partial charge in [0.2, 0.25) is 0 Å². The number of halogens is 1.